The van der Waals surface area contributed by atoms with Gasteiger partial charge in [0.15, 0.2) is 11.5 Å². The number of urea groups is 1. The van der Waals surface area contributed by atoms with Crippen LogP contribution in [0.15, 0.2) is 66.7 Å². The summed E-state index contributed by atoms with van der Waals surface area (Å²) in [6, 6.07) is 18.2. The number of benzene rings is 3. The lowest BCUT2D eigenvalue weighted by Crippen LogP contribution is -2.44. The third-order valence-electron chi connectivity index (χ3n) is 5.11. The Morgan fingerprint density at radius 3 is 2.34 bits per heavy atom. The SMILES string of the molecule is COc1ccc(-c2cc(C(=O)NNC(=O)Nc3ccc(Cl)c(Cl)c3)c3ccccc3n2)cc1OC. The van der Waals surface area contributed by atoms with Crippen LogP contribution in [0.1, 0.15) is 10.4 Å². The highest BCUT2D eigenvalue weighted by atomic mass is 35.5. The van der Waals surface area contributed by atoms with Crippen molar-refractivity contribution >= 4 is 51.7 Å². The number of para-hydroxylation sites is 1. The fourth-order valence-electron chi connectivity index (χ4n) is 3.42. The molecule has 0 aliphatic heterocycles. The molecular formula is C25H20Cl2N4O4. The van der Waals surface area contributed by atoms with Crippen LogP contribution in [0.5, 0.6) is 11.5 Å². The lowest BCUT2D eigenvalue weighted by molar-refractivity contribution is 0.0939. The topological polar surface area (TPSA) is 102 Å². The number of nitrogens with zero attached hydrogens (tertiary/aromatic N) is 1. The monoisotopic (exact) mass is 510 g/mol. The molecule has 0 unspecified atom stereocenters. The largest absolute Gasteiger partial charge is 0.493 e. The third-order valence-corrected chi connectivity index (χ3v) is 5.85. The second kappa shape index (κ2) is 10.5. The Balaban J connectivity index is 1.59. The van der Waals surface area contributed by atoms with Crippen LogP contribution in [0.3, 0.4) is 0 Å². The van der Waals surface area contributed by atoms with Gasteiger partial charge in [0.2, 0.25) is 0 Å². The van der Waals surface area contributed by atoms with Gasteiger partial charge >= 0.3 is 6.03 Å². The van der Waals surface area contributed by atoms with E-state index in [1.807, 2.05) is 12.1 Å². The van der Waals surface area contributed by atoms with Crippen molar-refractivity contribution < 1.29 is 19.1 Å². The van der Waals surface area contributed by atoms with Crippen LogP contribution in [-0.4, -0.2) is 31.1 Å². The van der Waals surface area contributed by atoms with E-state index >= 15 is 0 Å². The Labute approximate surface area is 211 Å². The van der Waals surface area contributed by atoms with E-state index in [-0.39, 0.29) is 0 Å². The fraction of sp³-hybridized carbons (Fsp3) is 0.0800. The predicted octanol–water partition coefficient (Wildman–Crippen LogP) is 5.69. The van der Waals surface area contributed by atoms with Crippen molar-refractivity contribution in [1.82, 2.24) is 15.8 Å². The number of hydrazine groups is 1. The molecule has 3 N–H and O–H groups in total. The van der Waals surface area contributed by atoms with Crippen molar-refractivity contribution in [3.63, 3.8) is 0 Å². The van der Waals surface area contributed by atoms with Crippen LogP contribution in [0, 0.1) is 0 Å². The highest BCUT2D eigenvalue weighted by molar-refractivity contribution is 6.42. The molecule has 1 heterocycles. The lowest BCUT2D eigenvalue weighted by Gasteiger charge is -2.13. The molecule has 0 aliphatic rings. The van der Waals surface area contributed by atoms with E-state index in [9.17, 15) is 9.59 Å². The average Bonchev–Trinajstić information content (AvgIpc) is 2.88. The molecule has 1 aromatic heterocycles. The Kier molecular flexibility index (Phi) is 7.24. The maximum atomic E-state index is 13.1. The molecule has 0 atom stereocenters. The summed E-state index contributed by atoms with van der Waals surface area (Å²) in [5.74, 6) is 0.591. The van der Waals surface area contributed by atoms with E-state index in [4.69, 9.17) is 32.7 Å². The van der Waals surface area contributed by atoms with Gasteiger partial charge in [-0.2, -0.15) is 0 Å². The summed E-state index contributed by atoms with van der Waals surface area (Å²) < 4.78 is 10.7. The van der Waals surface area contributed by atoms with E-state index in [1.165, 1.54) is 6.07 Å². The number of aromatic nitrogens is 1. The molecule has 3 aromatic carbocycles. The first-order chi connectivity index (χ1) is 16.9. The van der Waals surface area contributed by atoms with Gasteiger partial charge in [-0.1, -0.05) is 41.4 Å². The predicted molar refractivity (Wildman–Crippen MR) is 136 cm³/mol. The minimum absolute atomic E-state index is 0.291. The number of pyridine rings is 1. The summed E-state index contributed by atoms with van der Waals surface area (Å²) in [4.78, 5) is 30.0. The van der Waals surface area contributed by atoms with Crippen molar-refractivity contribution in [1.29, 1.82) is 0 Å². The summed E-state index contributed by atoms with van der Waals surface area (Å²) in [6.07, 6.45) is 0. The first-order valence-electron chi connectivity index (χ1n) is 10.3. The van der Waals surface area contributed by atoms with Crippen LogP contribution in [0.2, 0.25) is 10.0 Å². The number of carbonyl (C=O) groups excluding carboxylic acids is 2. The van der Waals surface area contributed by atoms with Gasteiger partial charge in [-0.05, 0) is 48.5 Å². The van der Waals surface area contributed by atoms with Crippen molar-refractivity contribution in [2.24, 2.45) is 0 Å². The number of rotatable bonds is 5. The Morgan fingerprint density at radius 1 is 0.829 bits per heavy atom. The van der Waals surface area contributed by atoms with Gasteiger partial charge in [0.25, 0.3) is 5.91 Å². The maximum Gasteiger partial charge on any atom is 0.337 e. The zero-order valence-electron chi connectivity index (χ0n) is 18.7. The summed E-state index contributed by atoms with van der Waals surface area (Å²) >= 11 is 11.9. The highest BCUT2D eigenvalue weighted by Crippen LogP contribution is 2.33. The molecule has 0 radical (unpaired) electrons. The molecule has 4 rings (SSSR count). The normalized spacial score (nSPS) is 10.5. The van der Waals surface area contributed by atoms with Crippen molar-refractivity contribution in [2.75, 3.05) is 19.5 Å². The molecule has 35 heavy (non-hydrogen) atoms. The zero-order valence-corrected chi connectivity index (χ0v) is 20.2. The van der Waals surface area contributed by atoms with Gasteiger partial charge in [0.05, 0.1) is 41.0 Å². The summed E-state index contributed by atoms with van der Waals surface area (Å²) in [7, 11) is 3.10. The van der Waals surface area contributed by atoms with Crippen molar-refractivity contribution in [3.8, 4) is 22.8 Å². The van der Waals surface area contributed by atoms with Crippen LogP contribution < -0.4 is 25.6 Å². The van der Waals surface area contributed by atoms with Crippen LogP contribution >= 0.6 is 23.2 Å². The highest BCUT2D eigenvalue weighted by Gasteiger charge is 2.16. The standard InChI is InChI=1S/C25H20Cl2N4O4/c1-34-22-10-7-14(11-23(22)35-2)21-13-17(16-5-3-4-6-20(16)29-21)24(32)30-31-25(33)28-15-8-9-18(26)19(27)12-15/h3-13H,1-2H3,(H,30,32)(H2,28,31,33). The average molecular weight is 511 g/mol. The van der Waals surface area contributed by atoms with Gasteiger partial charge in [0, 0.05) is 16.6 Å². The molecule has 0 saturated carbocycles. The summed E-state index contributed by atoms with van der Waals surface area (Å²) in [5.41, 5.74) is 7.40. The number of anilines is 1. The molecule has 10 heteroatoms. The number of methoxy groups -OCH3 is 2. The van der Waals surface area contributed by atoms with Gasteiger partial charge in [-0.3, -0.25) is 10.2 Å². The lowest BCUT2D eigenvalue weighted by atomic mass is 10.0. The second-order valence-corrected chi connectivity index (χ2v) is 8.12. The van der Waals surface area contributed by atoms with E-state index in [2.05, 4.69) is 21.2 Å². The minimum atomic E-state index is -0.657. The number of hydrogen-bond donors (Lipinski definition) is 3. The van der Waals surface area contributed by atoms with Gasteiger partial charge < -0.3 is 14.8 Å². The molecule has 0 aliphatic carbocycles. The summed E-state index contributed by atoms with van der Waals surface area (Å²) in [5, 5.41) is 3.85. The Hall–Kier alpha value is -4.01. The fourth-order valence-corrected chi connectivity index (χ4v) is 3.72. The van der Waals surface area contributed by atoms with Gasteiger partial charge in [-0.15, -0.1) is 0 Å². The molecule has 4 aromatic rings. The van der Waals surface area contributed by atoms with E-state index in [1.54, 1.807) is 62.8 Å². The number of carbonyl (C=O) groups is 2. The molecule has 0 spiro atoms. The first kappa shape index (κ1) is 24.1. The zero-order chi connectivity index (χ0) is 24.9. The molecule has 0 saturated heterocycles. The van der Waals surface area contributed by atoms with Gasteiger partial charge in [0.1, 0.15) is 0 Å². The molecule has 3 amide bonds. The number of hydrogen-bond acceptors (Lipinski definition) is 5. The van der Waals surface area contributed by atoms with Crippen LogP contribution in [-0.2, 0) is 0 Å². The number of fused-ring (bicyclic) bond motifs is 1. The smallest absolute Gasteiger partial charge is 0.337 e. The molecule has 0 fully saturated rings. The van der Waals surface area contributed by atoms with Crippen molar-refractivity contribution in [3.05, 3.63) is 82.3 Å². The summed E-state index contributed by atoms with van der Waals surface area (Å²) in [6.45, 7) is 0. The van der Waals surface area contributed by atoms with Crippen LogP contribution in [0.4, 0.5) is 10.5 Å². The number of nitrogens with one attached hydrogen (secondary N) is 3. The Bertz CT molecular complexity index is 1430. The third kappa shape index (κ3) is 5.40. The minimum Gasteiger partial charge on any atom is -0.493 e. The quantitative estimate of drug-likeness (QED) is 0.299. The van der Waals surface area contributed by atoms with Crippen LogP contribution in [0.25, 0.3) is 22.2 Å². The maximum absolute atomic E-state index is 13.1. The van der Waals surface area contributed by atoms with E-state index in [0.29, 0.717) is 49.4 Å². The van der Waals surface area contributed by atoms with Crippen molar-refractivity contribution in [2.45, 2.75) is 0 Å². The van der Waals surface area contributed by atoms with Gasteiger partial charge in [-0.25, -0.2) is 15.2 Å². The number of ether oxygens (including phenoxy) is 2. The first-order valence-corrected chi connectivity index (χ1v) is 11.1. The number of halogens is 2. The molecular weight excluding hydrogens is 491 g/mol. The Morgan fingerprint density at radius 2 is 1.60 bits per heavy atom. The van der Waals surface area contributed by atoms with E-state index in [0.717, 1.165) is 5.56 Å². The second-order valence-electron chi connectivity index (χ2n) is 7.30. The number of amides is 3. The molecule has 8 nitrogen and oxygen atoms in total. The molecule has 178 valence electrons. The van der Waals surface area contributed by atoms with E-state index < -0.39 is 11.9 Å². The molecule has 0 bridgehead atoms.